The maximum Gasteiger partial charge on any atom is 0.194 e. The van der Waals surface area contributed by atoms with Crippen molar-refractivity contribution in [3.05, 3.63) is 30.0 Å². The predicted octanol–water partition coefficient (Wildman–Crippen LogP) is 2.22. The molecule has 0 fully saturated rings. The molecule has 1 heterocycles. The maximum atomic E-state index is 11.0. The van der Waals surface area contributed by atoms with E-state index in [-0.39, 0.29) is 5.78 Å². The predicted molar refractivity (Wildman–Crippen MR) is 50.6 cm³/mol. The number of furan rings is 1. The van der Waals surface area contributed by atoms with Crippen molar-refractivity contribution < 1.29 is 9.21 Å². The first kappa shape index (κ1) is 7.86. The van der Waals surface area contributed by atoms with Crippen LogP contribution in [0.1, 0.15) is 17.5 Å². The summed E-state index contributed by atoms with van der Waals surface area (Å²) >= 11 is 0. The summed E-state index contributed by atoms with van der Waals surface area (Å²) in [5, 5.41) is 0.799. The summed E-state index contributed by atoms with van der Waals surface area (Å²) in [7, 11) is 0. The van der Waals surface area contributed by atoms with Crippen LogP contribution in [-0.2, 0) is 0 Å². The van der Waals surface area contributed by atoms with Crippen molar-refractivity contribution in [2.75, 3.05) is 5.73 Å². The molecule has 0 spiro atoms. The highest BCUT2D eigenvalue weighted by Crippen LogP contribution is 2.24. The largest absolute Gasteiger partial charge is 0.453 e. The van der Waals surface area contributed by atoms with Gasteiger partial charge in [0.2, 0.25) is 0 Å². The summed E-state index contributed by atoms with van der Waals surface area (Å²) in [4.78, 5) is 11.0. The summed E-state index contributed by atoms with van der Waals surface area (Å²) in [6.45, 7) is 1.47. The van der Waals surface area contributed by atoms with Gasteiger partial charge in [-0.3, -0.25) is 4.79 Å². The fourth-order valence-corrected chi connectivity index (χ4v) is 1.26. The van der Waals surface area contributed by atoms with Crippen LogP contribution in [0.15, 0.2) is 28.7 Å². The van der Waals surface area contributed by atoms with E-state index in [4.69, 9.17) is 10.2 Å². The smallest absolute Gasteiger partial charge is 0.194 e. The summed E-state index contributed by atoms with van der Waals surface area (Å²) < 4.78 is 5.28. The maximum absolute atomic E-state index is 11.0. The van der Waals surface area contributed by atoms with Gasteiger partial charge in [-0.2, -0.15) is 0 Å². The van der Waals surface area contributed by atoms with Crippen LogP contribution in [0.5, 0.6) is 0 Å². The second kappa shape index (κ2) is 2.62. The molecule has 0 saturated carbocycles. The summed E-state index contributed by atoms with van der Waals surface area (Å²) in [6, 6.07) is 7.04. The Labute approximate surface area is 75.1 Å². The van der Waals surface area contributed by atoms with E-state index in [1.807, 2.05) is 0 Å². The van der Waals surface area contributed by atoms with Crippen molar-refractivity contribution in [2.45, 2.75) is 6.92 Å². The van der Waals surface area contributed by atoms with Gasteiger partial charge in [-0.1, -0.05) is 6.07 Å². The molecule has 0 saturated heterocycles. The van der Waals surface area contributed by atoms with Gasteiger partial charge in [0.05, 0.1) is 0 Å². The van der Waals surface area contributed by atoms with Gasteiger partial charge in [-0.25, -0.2) is 0 Å². The fraction of sp³-hybridized carbons (Fsp3) is 0.100. The van der Waals surface area contributed by atoms with Crippen LogP contribution < -0.4 is 5.73 Å². The molecule has 0 aliphatic heterocycles. The Kier molecular flexibility index (Phi) is 1.59. The molecule has 0 aliphatic rings. The molecule has 3 nitrogen and oxygen atoms in total. The highest BCUT2D eigenvalue weighted by atomic mass is 16.3. The summed E-state index contributed by atoms with van der Waals surface area (Å²) in [5.74, 6) is 0.267. The molecule has 2 N–H and O–H groups in total. The molecule has 0 amide bonds. The first-order valence-corrected chi connectivity index (χ1v) is 3.97. The van der Waals surface area contributed by atoms with Crippen molar-refractivity contribution in [2.24, 2.45) is 0 Å². The third kappa shape index (κ3) is 1.18. The number of nitrogens with two attached hydrogens (primary N) is 1. The highest BCUT2D eigenvalue weighted by Gasteiger charge is 2.08. The lowest BCUT2D eigenvalue weighted by Gasteiger charge is -1.90. The molecule has 3 heteroatoms. The molecule has 0 unspecified atom stereocenters. The summed E-state index contributed by atoms with van der Waals surface area (Å²) in [5.41, 5.74) is 6.99. The molecule has 2 aromatic rings. The van der Waals surface area contributed by atoms with Gasteiger partial charge < -0.3 is 10.2 Å². The van der Waals surface area contributed by atoms with Crippen LogP contribution in [0.3, 0.4) is 0 Å². The monoisotopic (exact) mass is 175 g/mol. The number of Topliss-reactive ketones (excluding diaryl/α,β-unsaturated/α-hetero) is 1. The Hall–Kier alpha value is -1.77. The van der Waals surface area contributed by atoms with Crippen molar-refractivity contribution >= 4 is 22.4 Å². The van der Waals surface area contributed by atoms with Crippen LogP contribution in [0.4, 0.5) is 5.69 Å². The molecule has 66 valence electrons. The Balaban J connectivity index is 2.75. The highest BCUT2D eigenvalue weighted by molar-refractivity contribution is 5.99. The van der Waals surface area contributed by atoms with E-state index in [1.165, 1.54) is 6.92 Å². The normalized spacial score (nSPS) is 10.5. The van der Waals surface area contributed by atoms with Gasteiger partial charge in [0.1, 0.15) is 5.58 Å². The average Bonchev–Trinajstić information content (AvgIpc) is 2.49. The van der Waals surface area contributed by atoms with E-state index in [0.717, 1.165) is 5.39 Å². The summed E-state index contributed by atoms with van der Waals surface area (Å²) in [6.07, 6.45) is 0. The molecule has 13 heavy (non-hydrogen) atoms. The van der Waals surface area contributed by atoms with Gasteiger partial charge in [0.15, 0.2) is 11.5 Å². The van der Waals surface area contributed by atoms with E-state index >= 15 is 0 Å². The molecule has 0 aliphatic carbocycles. The third-order valence-electron chi connectivity index (χ3n) is 1.94. The third-order valence-corrected chi connectivity index (χ3v) is 1.94. The van der Waals surface area contributed by atoms with E-state index in [0.29, 0.717) is 17.0 Å². The van der Waals surface area contributed by atoms with Gasteiger partial charge in [-0.05, 0) is 18.2 Å². The number of benzene rings is 1. The fourth-order valence-electron chi connectivity index (χ4n) is 1.26. The van der Waals surface area contributed by atoms with Crippen LogP contribution in [0.2, 0.25) is 0 Å². The zero-order valence-corrected chi connectivity index (χ0v) is 7.20. The van der Waals surface area contributed by atoms with Crippen molar-refractivity contribution in [3.63, 3.8) is 0 Å². The van der Waals surface area contributed by atoms with Crippen LogP contribution in [0, 0.1) is 0 Å². The van der Waals surface area contributed by atoms with Gasteiger partial charge in [0, 0.05) is 18.0 Å². The standard InChI is InChI=1S/C10H9NO2/c1-6(12)10-5-7-8(11)3-2-4-9(7)13-10/h2-5H,11H2,1H3. The van der Waals surface area contributed by atoms with Gasteiger partial charge >= 0.3 is 0 Å². The van der Waals surface area contributed by atoms with Gasteiger partial charge in [-0.15, -0.1) is 0 Å². The van der Waals surface area contributed by atoms with Gasteiger partial charge in [0.25, 0.3) is 0 Å². The number of ketones is 1. The van der Waals surface area contributed by atoms with E-state index < -0.39 is 0 Å². The Morgan fingerprint density at radius 2 is 2.23 bits per heavy atom. The van der Waals surface area contributed by atoms with Crippen LogP contribution >= 0.6 is 0 Å². The average molecular weight is 175 g/mol. The second-order valence-corrected chi connectivity index (χ2v) is 2.93. The minimum absolute atomic E-state index is 0.0874. The molecule has 1 aromatic heterocycles. The van der Waals surface area contributed by atoms with E-state index in [2.05, 4.69) is 0 Å². The lowest BCUT2D eigenvalue weighted by atomic mass is 10.2. The number of rotatable bonds is 1. The Morgan fingerprint density at radius 3 is 2.85 bits per heavy atom. The quantitative estimate of drug-likeness (QED) is 0.534. The minimum atomic E-state index is -0.0874. The Morgan fingerprint density at radius 1 is 1.46 bits per heavy atom. The number of nitrogen functional groups attached to an aromatic ring is 1. The number of carbonyl (C=O) groups excluding carboxylic acids is 1. The number of hydrogen-bond donors (Lipinski definition) is 1. The molecule has 0 bridgehead atoms. The zero-order chi connectivity index (χ0) is 9.42. The van der Waals surface area contributed by atoms with Crippen molar-refractivity contribution in [1.29, 1.82) is 0 Å². The molecule has 0 atom stereocenters. The molecule has 1 aromatic carbocycles. The first-order chi connectivity index (χ1) is 6.18. The topological polar surface area (TPSA) is 56.2 Å². The SMILES string of the molecule is CC(=O)c1cc2c(N)cccc2o1. The lowest BCUT2D eigenvalue weighted by Crippen LogP contribution is -1.86. The molecule has 0 radical (unpaired) electrons. The van der Waals surface area contributed by atoms with Crippen molar-refractivity contribution in [1.82, 2.24) is 0 Å². The number of carbonyl (C=O) groups is 1. The zero-order valence-electron chi connectivity index (χ0n) is 7.20. The molecular formula is C10H9NO2. The molecule has 2 rings (SSSR count). The van der Waals surface area contributed by atoms with Crippen LogP contribution in [0.25, 0.3) is 11.0 Å². The van der Waals surface area contributed by atoms with E-state index in [1.54, 1.807) is 24.3 Å². The van der Waals surface area contributed by atoms with Crippen LogP contribution in [-0.4, -0.2) is 5.78 Å². The minimum Gasteiger partial charge on any atom is -0.453 e. The van der Waals surface area contributed by atoms with E-state index in [9.17, 15) is 4.79 Å². The molecular weight excluding hydrogens is 166 g/mol. The number of anilines is 1. The number of hydrogen-bond acceptors (Lipinski definition) is 3. The second-order valence-electron chi connectivity index (χ2n) is 2.93. The van der Waals surface area contributed by atoms with Crippen molar-refractivity contribution in [3.8, 4) is 0 Å². The lowest BCUT2D eigenvalue weighted by molar-refractivity contribution is 0.0989. The Bertz CT molecular complexity index is 471. The number of fused-ring (bicyclic) bond motifs is 1. The first-order valence-electron chi connectivity index (χ1n) is 3.97.